The van der Waals surface area contributed by atoms with Crippen LogP contribution in [0.25, 0.3) is 0 Å². The van der Waals surface area contributed by atoms with Gasteiger partial charge in [0.25, 0.3) is 0 Å². The molecule has 0 aliphatic heterocycles. The van der Waals surface area contributed by atoms with Crippen molar-refractivity contribution in [3.8, 4) is 0 Å². The van der Waals surface area contributed by atoms with E-state index < -0.39 is 10.0 Å². The van der Waals surface area contributed by atoms with Crippen LogP contribution in [0.3, 0.4) is 0 Å². The van der Waals surface area contributed by atoms with Crippen LogP contribution in [-0.4, -0.2) is 22.0 Å². The molecule has 0 aliphatic carbocycles. The second kappa shape index (κ2) is 6.87. The summed E-state index contributed by atoms with van der Waals surface area (Å²) < 4.78 is 26.7. The quantitative estimate of drug-likeness (QED) is 0.793. The van der Waals surface area contributed by atoms with Gasteiger partial charge >= 0.3 is 0 Å². The van der Waals surface area contributed by atoms with Crippen molar-refractivity contribution < 1.29 is 8.42 Å². The van der Waals surface area contributed by atoms with Gasteiger partial charge in [0.15, 0.2) is 0 Å². The summed E-state index contributed by atoms with van der Waals surface area (Å²) in [6, 6.07) is 7.00. The zero-order valence-electron chi connectivity index (χ0n) is 11.2. The summed E-state index contributed by atoms with van der Waals surface area (Å²) in [4.78, 5) is 0.332. The maximum absolute atomic E-state index is 12.0. The summed E-state index contributed by atoms with van der Waals surface area (Å²) in [5, 5.41) is 3.01. The van der Waals surface area contributed by atoms with Crippen LogP contribution in [0.1, 0.15) is 25.8 Å². The Balaban J connectivity index is 2.75. The molecule has 0 aliphatic rings. The average molecular weight is 270 g/mol. The van der Waals surface area contributed by atoms with Gasteiger partial charge in [0.2, 0.25) is 10.0 Å². The van der Waals surface area contributed by atoms with Gasteiger partial charge in [-0.05, 0) is 37.1 Å². The molecule has 0 amide bonds. The standard InChI is InChI=1S/C13H22N2O2S/c1-11(2)7-8-15-18(16,17)13-6-4-5-12(9-13)10-14-3/h4-6,9,11,14-15H,7-8,10H2,1-3H3. The molecule has 102 valence electrons. The lowest BCUT2D eigenvalue weighted by atomic mass is 10.1. The lowest BCUT2D eigenvalue weighted by Crippen LogP contribution is -2.25. The van der Waals surface area contributed by atoms with Crippen molar-refractivity contribution in [2.45, 2.75) is 31.7 Å². The Morgan fingerprint density at radius 1 is 1.28 bits per heavy atom. The van der Waals surface area contributed by atoms with E-state index in [-0.39, 0.29) is 0 Å². The van der Waals surface area contributed by atoms with Crippen molar-refractivity contribution in [2.24, 2.45) is 5.92 Å². The molecule has 0 heterocycles. The maximum Gasteiger partial charge on any atom is 0.240 e. The minimum Gasteiger partial charge on any atom is -0.316 e. The third-order valence-electron chi connectivity index (χ3n) is 2.60. The molecule has 0 radical (unpaired) electrons. The average Bonchev–Trinajstić information content (AvgIpc) is 2.29. The minimum absolute atomic E-state index is 0.332. The molecule has 0 unspecified atom stereocenters. The normalized spacial score (nSPS) is 12.0. The molecule has 0 atom stereocenters. The molecular formula is C13H22N2O2S. The van der Waals surface area contributed by atoms with Gasteiger partial charge in [0.1, 0.15) is 0 Å². The fourth-order valence-corrected chi connectivity index (χ4v) is 2.71. The summed E-state index contributed by atoms with van der Waals surface area (Å²) >= 11 is 0. The zero-order chi connectivity index (χ0) is 13.6. The lowest BCUT2D eigenvalue weighted by molar-refractivity contribution is 0.551. The molecule has 1 aromatic rings. The molecule has 5 heteroatoms. The molecule has 2 N–H and O–H groups in total. The van der Waals surface area contributed by atoms with Gasteiger partial charge in [-0.25, -0.2) is 13.1 Å². The predicted octanol–water partition coefficient (Wildman–Crippen LogP) is 1.73. The van der Waals surface area contributed by atoms with E-state index in [0.29, 0.717) is 23.9 Å². The predicted molar refractivity (Wildman–Crippen MR) is 73.8 cm³/mol. The molecule has 0 bridgehead atoms. The molecule has 0 spiro atoms. The molecule has 1 rings (SSSR count). The van der Waals surface area contributed by atoms with Crippen LogP contribution in [0.15, 0.2) is 29.2 Å². The van der Waals surface area contributed by atoms with Gasteiger partial charge in [0.05, 0.1) is 4.90 Å². The number of benzene rings is 1. The van der Waals surface area contributed by atoms with E-state index in [1.54, 1.807) is 18.2 Å². The van der Waals surface area contributed by atoms with Crippen molar-refractivity contribution >= 4 is 10.0 Å². The van der Waals surface area contributed by atoms with E-state index in [1.807, 2.05) is 13.1 Å². The minimum atomic E-state index is -3.37. The third-order valence-corrected chi connectivity index (χ3v) is 4.06. The van der Waals surface area contributed by atoms with Gasteiger partial charge in [-0.1, -0.05) is 26.0 Å². The SMILES string of the molecule is CNCc1cccc(S(=O)(=O)NCCC(C)C)c1. The molecule has 0 saturated carbocycles. The first-order valence-electron chi connectivity index (χ1n) is 6.19. The molecule has 0 fully saturated rings. The topological polar surface area (TPSA) is 58.2 Å². The highest BCUT2D eigenvalue weighted by Gasteiger charge is 2.13. The van der Waals surface area contributed by atoms with Gasteiger partial charge in [-0.3, -0.25) is 0 Å². The highest BCUT2D eigenvalue weighted by molar-refractivity contribution is 7.89. The first-order chi connectivity index (χ1) is 8.45. The largest absolute Gasteiger partial charge is 0.316 e. The van der Waals surface area contributed by atoms with Crippen molar-refractivity contribution in [3.63, 3.8) is 0 Å². The highest BCUT2D eigenvalue weighted by Crippen LogP contribution is 2.11. The number of hydrogen-bond acceptors (Lipinski definition) is 3. The van der Waals surface area contributed by atoms with E-state index in [9.17, 15) is 8.42 Å². The molecule has 4 nitrogen and oxygen atoms in total. The maximum atomic E-state index is 12.0. The molecular weight excluding hydrogens is 248 g/mol. The Bertz CT molecular complexity index is 470. The summed E-state index contributed by atoms with van der Waals surface area (Å²) in [6.07, 6.45) is 0.843. The lowest BCUT2D eigenvalue weighted by Gasteiger charge is -2.09. The van der Waals surface area contributed by atoms with E-state index in [4.69, 9.17) is 0 Å². The van der Waals surface area contributed by atoms with Crippen LogP contribution in [0.2, 0.25) is 0 Å². The van der Waals surface area contributed by atoms with Gasteiger partial charge in [-0.2, -0.15) is 0 Å². The van der Waals surface area contributed by atoms with Crippen molar-refractivity contribution in [3.05, 3.63) is 29.8 Å². The Hall–Kier alpha value is -0.910. The first-order valence-corrected chi connectivity index (χ1v) is 7.67. The van der Waals surface area contributed by atoms with Gasteiger partial charge in [-0.15, -0.1) is 0 Å². The van der Waals surface area contributed by atoms with Crippen LogP contribution in [0, 0.1) is 5.92 Å². The molecule has 0 saturated heterocycles. The van der Waals surface area contributed by atoms with Gasteiger partial charge < -0.3 is 5.32 Å². The molecule has 1 aromatic carbocycles. The van der Waals surface area contributed by atoms with E-state index in [2.05, 4.69) is 23.9 Å². The van der Waals surface area contributed by atoms with Crippen LogP contribution in [-0.2, 0) is 16.6 Å². The fourth-order valence-electron chi connectivity index (χ4n) is 1.59. The summed E-state index contributed by atoms with van der Waals surface area (Å²) in [6.45, 7) is 5.29. The van der Waals surface area contributed by atoms with E-state index in [1.165, 1.54) is 0 Å². The zero-order valence-corrected chi connectivity index (χ0v) is 12.0. The van der Waals surface area contributed by atoms with Crippen molar-refractivity contribution in [2.75, 3.05) is 13.6 Å². The van der Waals surface area contributed by atoms with Crippen LogP contribution >= 0.6 is 0 Å². The van der Waals surface area contributed by atoms with E-state index in [0.717, 1.165) is 12.0 Å². The third kappa shape index (κ3) is 4.76. The molecule has 0 aromatic heterocycles. The Labute approximate surface area is 110 Å². The Morgan fingerprint density at radius 3 is 2.61 bits per heavy atom. The van der Waals surface area contributed by atoms with Crippen molar-refractivity contribution in [1.29, 1.82) is 0 Å². The highest BCUT2D eigenvalue weighted by atomic mass is 32.2. The smallest absolute Gasteiger partial charge is 0.240 e. The Kier molecular flexibility index (Phi) is 5.78. The summed E-state index contributed by atoms with van der Waals surface area (Å²) in [5.41, 5.74) is 0.962. The first kappa shape index (κ1) is 15.1. The van der Waals surface area contributed by atoms with Crippen LogP contribution in [0.4, 0.5) is 0 Å². The number of nitrogens with one attached hydrogen (secondary N) is 2. The number of sulfonamides is 1. The second-order valence-electron chi connectivity index (χ2n) is 4.76. The van der Waals surface area contributed by atoms with E-state index >= 15 is 0 Å². The summed E-state index contributed by atoms with van der Waals surface area (Å²) in [5.74, 6) is 0.489. The summed E-state index contributed by atoms with van der Waals surface area (Å²) in [7, 11) is -1.54. The van der Waals surface area contributed by atoms with Crippen molar-refractivity contribution in [1.82, 2.24) is 10.0 Å². The van der Waals surface area contributed by atoms with Crippen LogP contribution < -0.4 is 10.0 Å². The monoisotopic (exact) mass is 270 g/mol. The van der Waals surface area contributed by atoms with Gasteiger partial charge in [0, 0.05) is 13.1 Å². The fraction of sp³-hybridized carbons (Fsp3) is 0.538. The Morgan fingerprint density at radius 2 is 2.00 bits per heavy atom. The molecule has 18 heavy (non-hydrogen) atoms. The number of hydrogen-bond donors (Lipinski definition) is 2. The number of rotatable bonds is 7. The second-order valence-corrected chi connectivity index (χ2v) is 6.52. The van der Waals surface area contributed by atoms with Crippen LogP contribution in [0.5, 0.6) is 0 Å².